The first kappa shape index (κ1) is 24.2. The molecule has 1 aliphatic heterocycles. The molecule has 0 spiro atoms. The minimum Gasteiger partial charge on any atom is -0.467 e. The number of likely N-dealkylation sites (N-methyl/N-ethyl adjacent to an activating group) is 1. The van der Waals surface area contributed by atoms with Crippen molar-refractivity contribution >= 4 is 33.3 Å². The summed E-state index contributed by atoms with van der Waals surface area (Å²) in [6.07, 6.45) is 2.01. The van der Waals surface area contributed by atoms with E-state index in [0.717, 1.165) is 42.5 Å². The van der Waals surface area contributed by atoms with Crippen LogP contribution >= 0.6 is 11.6 Å². The van der Waals surface area contributed by atoms with Crippen LogP contribution in [0.4, 0.5) is 0 Å². The molecule has 0 fully saturated rings. The molecule has 0 aliphatic carbocycles. The maximum atomic E-state index is 13.2. The highest BCUT2D eigenvalue weighted by molar-refractivity contribution is 7.90. The zero-order chi connectivity index (χ0) is 23.6. The third-order valence-corrected chi connectivity index (χ3v) is 7.13. The number of amides is 1. The molecule has 0 saturated carbocycles. The first-order chi connectivity index (χ1) is 15.0. The van der Waals surface area contributed by atoms with Crippen molar-refractivity contribution in [3.05, 3.63) is 63.2 Å². The Morgan fingerprint density at radius 1 is 1.28 bits per heavy atom. The van der Waals surface area contributed by atoms with E-state index in [1.165, 1.54) is 19.2 Å². The van der Waals surface area contributed by atoms with Gasteiger partial charge in [-0.3, -0.25) is 4.79 Å². The predicted molar refractivity (Wildman–Crippen MR) is 123 cm³/mol. The molecular weight excluding hydrogens is 452 g/mol. The number of esters is 1. The number of nitrogens with zero attached hydrogens (tertiary/aromatic N) is 1. The van der Waals surface area contributed by atoms with E-state index in [1.54, 1.807) is 12.1 Å². The van der Waals surface area contributed by atoms with Crippen molar-refractivity contribution in [1.29, 1.82) is 0 Å². The van der Waals surface area contributed by atoms with Crippen LogP contribution in [-0.2, 0) is 38.8 Å². The summed E-state index contributed by atoms with van der Waals surface area (Å²) in [5.74, 6) is -1.10. The highest BCUT2D eigenvalue weighted by Gasteiger charge is 2.27. The van der Waals surface area contributed by atoms with Crippen LogP contribution in [0, 0.1) is 6.92 Å². The van der Waals surface area contributed by atoms with Gasteiger partial charge in [-0.1, -0.05) is 23.7 Å². The van der Waals surface area contributed by atoms with Crippen molar-refractivity contribution in [3.8, 4) is 0 Å². The second kappa shape index (κ2) is 9.60. The fourth-order valence-electron chi connectivity index (χ4n) is 4.03. The van der Waals surface area contributed by atoms with Gasteiger partial charge in [0.2, 0.25) is 0 Å². The summed E-state index contributed by atoms with van der Waals surface area (Å²) >= 11 is 6.47. The first-order valence-corrected chi connectivity index (χ1v) is 12.4. The molecule has 0 saturated heterocycles. The SMILES string of the molecule is COC(=O)C(Cc1cccc(S(C)(=O)=O)c1)NC(=O)c1c(Cl)cc2c(c1C)CCN(C)C2. The van der Waals surface area contributed by atoms with Crippen molar-refractivity contribution < 1.29 is 22.7 Å². The van der Waals surface area contributed by atoms with Crippen LogP contribution in [0.5, 0.6) is 0 Å². The molecule has 7 nitrogen and oxygen atoms in total. The number of hydrogen-bond acceptors (Lipinski definition) is 6. The summed E-state index contributed by atoms with van der Waals surface area (Å²) < 4.78 is 28.6. The molecule has 1 aliphatic rings. The highest BCUT2D eigenvalue weighted by Crippen LogP contribution is 2.30. The lowest BCUT2D eigenvalue weighted by molar-refractivity contribution is -0.142. The fraction of sp³-hybridized carbons (Fsp3) is 0.391. The molecule has 1 amide bonds. The summed E-state index contributed by atoms with van der Waals surface area (Å²) in [4.78, 5) is 27.9. The number of methoxy groups -OCH3 is 1. The van der Waals surface area contributed by atoms with Crippen molar-refractivity contribution in [3.63, 3.8) is 0 Å². The number of carbonyl (C=O) groups is 2. The van der Waals surface area contributed by atoms with E-state index in [0.29, 0.717) is 16.1 Å². The Morgan fingerprint density at radius 3 is 2.66 bits per heavy atom. The topological polar surface area (TPSA) is 92.8 Å². The summed E-state index contributed by atoms with van der Waals surface area (Å²) in [6.45, 7) is 3.52. The molecule has 9 heteroatoms. The van der Waals surface area contributed by atoms with Crippen LogP contribution in [-0.4, -0.2) is 58.2 Å². The van der Waals surface area contributed by atoms with Crippen LogP contribution < -0.4 is 5.32 Å². The van der Waals surface area contributed by atoms with E-state index in [-0.39, 0.29) is 11.3 Å². The monoisotopic (exact) mass is 478 g/mol. The van der Waals surface area contributed by atoms with Crippen LogP contribution in [0.1, 0.15) is 32.6 Å². The van der Waals surface area contributed by atoms with Gasteiger partial charge in [-0.05, 0) is 60.8 Å². The molecule has 2 aromatic carbocycles. The number of hydrogen-bond donors (Lipinski definition) is 1. The van der Waals surface area contributed by atoms with E-state index in [1.807, 2.05) is 20.0 Å². The molecule has 0 radical (unpaired) electrons. The number of fused-ring (bicyclic) bond motifs is 1. The van der Waals surface area contributed by atoms with Gasteiger partial charge < -0.3 is 15.0 Å². The minimum atomic E-state index is -3.40. The lowest BCUT2D eigenvalue weighted by Gasteiger charge is -2.28. The van der Waals surface area contributed by atoms with Gasteiger partial charge in [0.15, 0.2) is 9.84 Å². The molecule has 3 rings (SSSR count). The molecule has 0 bridgehead atoms. The maximum absolute atomic E-state index is 13.2. The summed E-state index contributed by atoms with van der Waals surface area (Å²) in [5.41, 5.74) is 3.93. The van der Waals surface area contributed by atoms with E-state index < -0.39 is 27.8 Å². The average molecular weight is 479 g/mol. The Hall–Kier alpha value is -2.42. The highest BCUT2D eigenvalue weighted by atomic mass is 35.5. The molecule has 1 N–H and O–H groups in total. The maximum Gasteiger partial charge on any atom is 0.328 e. The van der Waals surface area contributed by atoms with E-state index in [4.69, 9.17) is 16.3 Å². The average Bonchev–Trinajstić information content (AvgIpc) is 2.72. The number of benzene rings is 2. The van der Waals surface area contributed by atoms with Crippen molar-refractivity contribution in [2.75, 3.05) is 27.0 Å². The number of carbonyl (C=O) groups excluding carboxylic acids is 2. The van der Waals surface area contributed by atoms with E-state index >= 15 is 0 Å². The number of sulfone groups is 1. The second-order valence-electron chi connectivity index (χ2n) is 8.16. The minimum absolute atomic E-state index is 0.0776. The van der Waals surface area contributed by atoms with E-state index in [2.05, 4.69) is 10.2 Å². The number of rotatable bonds is 6. The van der Waals surface area contributed by atoms with Crippen molar-refractivity contribution in [1.82, 2.24) is 10.2 Å². The molecular formula is C23H27ClN2O5S. The second-order valence-corrected chi connectivity index (χ2v) is 10.6. The van der Waals surface area contributed by atoms with Crippen LogP contribution in [0.15, 0.2) is 35.2 Å². The Bertz CT molecular complexity index is 1160. The van der Waals surface area contributed by atoms with Gasteiger partial charge >= 0.3 is 5.97 Å². The van der Waals surface area contributed by atoms with E-state index in [9.17, 15) is 18.0 Å². The van der Waals surface area contributed by atoms with Crippen LogP contribution in [0.25, 0.3) is 0 Å². The van der Waals surface area contributed by atoms with Gasteiger partial charge in [-0.15, -0.1) is 0 Å². The lowest BCUT2D eigenvalue weighted by atomic mass is 9.91. The predicted octanol–water partition coefficient (Wildman–Crippen LogP) is 2.55. The van der Waals surface area contributed by atoms with Crippen molar-refractivity contribution in [2.45, 2.75) is 37.2 Å². The fourth-order valence-corrected chi connectivity index (χ4v) is 5.08. The normalized spacial score (nSPS) is 15.0. The van der Waals surface area contributed by atoms with Gasteiger partial charge in [-0.25, -0.2) is 13.2 Å². The molecule has 2 aromatic rings. The number of ether oxygens (including phenoxy) is 1. The van der Waals surface area contributed by atoms with Gasteiger partial charge in [0.05, 0.1) is 22.6 Å². The Kier molecular flexibility index (Phi) is 7.27. The van der Waals surface area contributed by atoms with Crippen molar-refractivity contribution in [2.24, 2.45) is 0 Å². The molecule has 1 atom stereocenters. The zero-order valence-corrected chi connectivity index (χ0v) is 20.1. The molecule has 1 unspecified atom stereocenters. The molecule has 0 aromatic heterocycles. The number of halogens is 1. The summed E-state index contributed by atoms with van der Waals surface area (Å²) in [6, 6.07) is 7.09. The Morgan fingerprint density at radius 2 is 2.00 bits per heavy atom. The van der Waals surface area contributed by atoms with Gasteiger partial charge in [0.1, 0.15) is 6.04 Å². The summed E-state index contributed by atoms with van der Waals surface area (Å²) in [5, 5.41) is 3.06. The Labute approximate surface area is 193 Å². The van der Waals surface area contributed by atoms with Gasteiger partial charge in [-0.2, -0.15) is 0 Å². The Balaban J connectivity index is 1.89. The molecule has 1 heterocycles. The largest absolute Gasteiger partial charge is 0.467 e. The van der Waals surface area contributed by atoms with Crippen LogP contribution in [0.3, 0.4) is 0 Å². The first-order valence-electron chi connectivity index (χ1n) is 10.2. The quantitative estimate of drug-likeness (QED) is 0.641. The molecule has 32 heavy (non-hydrogen) atoms. The summed E-state index contributed by atoms with van der Waals surface area (Å²) in [7, 11) is -0.129. The number of nitrogens with one attached hydrogen (secondary N) is 1. The third kappa shape index (κ3) is 5.31. The molecule has 172 valence electrons. The van der Waals surface area contributed by atoms with Gasteiger partial charge in [0.25, 0.3) is 5.91 Å². The van der Waals surface area contributed by atoms with Crippen LogP contribution in [0.2, 0.25) is 5.02 Å². The zero-order valence-electron chi connectivity index (χ0n) is 18.6. The standard InChI is InChI=1S/C23H27ClN2O5S/c1-14-18-8-9-26(2)13-16(18)12-19(24)21(14)22(27)25-20(23(28)31-3)11-15-6-5-7-17(10-15)32(4,29)30/h5-7,10,12,20H,8-9,11,13H2,1-4H3,(H,25,27). The van der Waals surface area contributed by atoms with Gasteiger partial charge in [0, 0.05) is 25.8 Å². The smallest absolute Gasteiger partial charge is 0.328 e. The third-order valence-electron chi connectivity index (χ3n) is 5.72. The lowest BCUT2D eigenvalue weighted by Crippen LogP contribution is -2.43.